The van der Waals surface area contributed by atoms with E-state index in [0.29, 0.717) is 23.5 Å². The summed E-state index contributed by atoms with van der Waals surface area (Å²) in [4.78, 5) is 12.0. The lowest BCUT2D eigenvalue weighted by molar-refractivity contribution is -0.123. The summed E-state index contributed by atoms with van der Waals surface area (Å²) < 4.78 is 8.14. The van der Waals surface area contributed by atoms with Gasteiger partial charge in [0.2, 0.25) is 0 Å². The van der Waals surface area contributed by atoms with Crippen molar-refractivity contribution in [3.63, 3.8) is 0 Å². The van der Waals surface area contributed by atoms with Crippen LogP contribution in [0.4, 0.5) is 0 Å². The minimum atomic E-state index is -0.164. The number of hydrogen-bond donors (Lipinski definition) is 2. The summed E-state index contributed by atoms with van der Waals surface area (Å²) in [5.74, 6) is 1.35. The molecule has 1 heterocycles. The lowest BCUT2D eigenvalue weighted by atomic mass is 10.1. The van der Waals surface area contributed by atoms with E-state index >= 15 is 0 Å². The van der Waals surface area contributed by atoms with Crippen molar-refractivity contribution in [1.82, 2.24) is 20.1 Å². The summed E-state index contributed by atoms with van der Waals surface area (Å²) >= 11 is 5.22. The third-order valence-corrected chi connectivity index (χ3v) is 4.34. The number of amides is 1. The smallest absolute Gasteiger partial charge is 0.257 e. The number of benzene rings is 2. The first-order valence-corrected chi connectivity index (χ1v) is 8.99. The summed E-state index contributed by atoms with van der Waals surface area (Å²) in [6.45, 7) is 4.55. The third-order valence-electron chi connectivity index (χ3n) is 4.06. The van der Waals surface area contributed by atoms with Crippen molar-refractivity contribution < 1.29 is 9.53 Å². The van der Waals surface area contributed by atoms with Gasteiger partial charge in [-0.25, -0.2) is 0 Å². The normalized spacial score (nSPS) is 11.0. The SMILES string of the molecule is CC(C)n1c(CCNC(=O)COc2ccc3ccccc3c2)n[nH]c1=S. The Hall–Kier alpha value is -2.67. The highest BCUT2D eigenvalue weighted by Crippen LogP contribution is 2.20. The molecule has 0 aliphatic rings. The maximum atomic E-state index is 12.0. The maximum absolute atomic E-state index is 12.0. The number of carbonyl (C=O) groups excluding carboxylic acids is 1. The molecule has 0 saturated carbocycles. The van der Waals surface area contributed by atoms with Crippen LogP contribution in [0.2, 0.25) is 0 Å². The summed E-state index contributed by atoms with van der Waals surface area (Å²) in [5, 5.41) is 12.1. The average Bonchev–Trinajstić information content (AvgIpc) is 3.00. The van der Waals surface area contributed by atoms with Crippen LogP contribution in [-0.2, 0) is 11.2 Å². The topological polar surface area (TPSA) is 71.9 Å². The molecule has 0 spiro atoms. The quantitative estimate of drug-likeness (QED) is 0.625. The fraction of sp³-hybridized carbons (Fsp3) is 0.316. The number of aromatic nitrogens is 3. The number of aromatic amines is 1. The molecule has 2 aromatic carbocycles. The number of nitrogens with one attached hydrogen (secondary N) is 2. The largest absolute Gasteiger partial charge is 0.484 e. The van der Waals surface area contributed by atoms with E-state index in [1.807, 2.05) is 60.9 Å². The Kier molecular flexibility index (Phi) is 5.68. The molecule has 0 radical (unpaired) electrons. The number of ether oxygens (including phenoxy) is 1. The van der Waals surface area contributed by atoms with Gasteiger partial charge in [0.05, 0.1) is 0 Å². The number of rotatable bonds is 7. The fourth-order valence-electron chi connectivity index (χ4n) is 2.82. The molecule has 2 N–H and O–H groups in total. The van der Waals surface area contributed by atoms with Gasteiger partial charge in [0.25, 0.3) is 5.91 Å². The highest BCUT2D eigenvalue weighted by molar-refractivity contribution is 7.71. The zero-order valence-corrected chi connectivity index (χ0v) is 15.7. The van der Waals surface area contributed by atoms with Crippen LogP contribution in [0.15, 0.2) is 42.5 Å². The van der Waals surface area contributed by atoms with Gasteiger partial charge in [0, 0.05) is 19.0 Å². The Morgan fingerprint density at radius 3 is 2.81 bits per heavy atom. The van der Waals surface area contributed by atoms with Crippen molar-refractivity contribution in [3.05, 3.63) is 53.1 Å². The van der Waals surface area contributed by atoms with E-state index in [0.717, 1.165) is 16.6 Å². The predicted octanol–water partition coefficient (Wildman–Crippen LogP) is 3.41. The number of carbonyl (C=O) groups is 1. The van der Waals surface area contributed by atoms with Gasteiger partial charge in [-0.2, -0.15) is 5.10 Å². The monoisotopic (exact) mass is 370 g/mol. The molecule has 0 bridgehead atoms. The van der Waals surface area contributed by atoms with Gasteiger partial charge in [0.15, 0.2) is 11.4 Å². The number of hydrogen-bond acceptors (Lipinski definition) is 4. The lowest BCUT2D eigenvalue weighted by Gasteiger charge is -2.11. The van der Waals surface area contributed by atoms with Crippen LogP contribution in [0, 0.1) is 4.77 Å². The average molecular weight is 370 g/mol. The van der Waals surface area contributed by atoms with Crippen molar-refractivity contribution in [2.45, 2.75) is 26.3 Å². The van der Waals surface area contributed by atoms with Crippen molar-refractivity contribution in [2.24, 2.45) is 0 Å². The molecule has 0 aliphatic heterocycles. The third kappa shape index (κ3) is 4.29. The molecule has 0 saturated heterocycles. The molecular formula is C19H22N4O2S. The van der Waals surface area contributed by atoms with Gasteiger partial charge in [-0.05, 0) is 49.0 Å². The Morgan fingerprint density at radius 1 is 1.27 bits per heavy atom. The van der Waals surface area contributed by atoms with Gasteiger partial charge >= 0.3 is 0 Å². The van der Waals surface area contributed by atoms with Crippen LogP contribution in [0.25, 0.3) is 10.8 Å². The van der Waals surface area contributed by atoms with Crippen LogP contribution in [-0.4, -0.2) is 33.8 Å². The molecule has 0 aliphatic carbocycles. The first-order valence-electron chi connectivity index (χ1n) is 8.58. The molecule has 3 rings (SSSR count). The minimum absolute atomic E-state index is 0.0185. The number of H-pyrrole nitrogens is 1. The van der Waals surface area contributed by atoms with Crippen LogP contribution in [0.3, 0.4) is 0 Å². The van der Waals surface area contributed by atoms with Crippen molar-refractivity contribution in [1.29, 1.82) is 0 Å². The van der Waals surface area contributed by atoms with E-state index < -0.39 is 0 Å². The van der Waals surface area contributed by atoms with E-state index in [1.54, 1.807) is 0 Å². The molecule has 1 amide bonds. The first-order chi connectivity index (χ1) is 12.5. The van der Waals surface area contributed by atoms with E-state index in [9.17, 15) is 4.79 Å². The van der Waals surface area contributed by atoms with Gasteiger partial charge in [-0.1, -0.05) is 30.3 Å². The molecule has 7 heteroatoms. The van der Waals surface area contributed by atoms with Gasteiger partial charge in [-0.15, -0.1) is 0 Å². The molecule has 3 aromatic rings. The molecule has 1 aromatic heterocycles. The van der Waals surface area contributed by atoms with Crippen molar-refractivity contribution >= 4 is 28.9 Å². The standard InChI is InChI=1S/C19H22N4O2S/c1-13(2)23-17(21-22-19(23)26)9-10-20-18(24)12-25-16-8-7-14-5-3-4-6-15(14)11-16/h3-8,11,13H,9-10,12H2,1-2H3,(H,20,24)(H,22,26). The fourth-order valence-corrected chi connectivity index (χ4v) is 3.18. The summed E-state index contributed by atoms with van der Waals surface area (Å²) in [6.07, 6.45) is 0.604. The van der Waals surface area contributed by atoms with Gasteiger partial charge < -0.3 is 14.6 Å². The second kappa shape index (κ2) is 8.14. The van der Waals surface area contributed by atoms with E-state index in [1.165, 1.54) is 0 Å². The maximum Gasteiger partial charge on any atom is 0.257 e. The second-order valence-electron chi connectivity index (χ2n) is 6.31. The number of fused-ring (bicyclic) bond motifs is 1. The molecular weight excluding hydrogens is 348 g/mol. The van der Waals surface area contributed by atoms with E-state index in [2.05, 4.69) is 15.5 Å². The zero-order valence-electron chi connectivity index (χ0n) is 14.9. The first kappa shape index (κ1) is 18.1. The Labute approximate surface area is 157 Å². The summed E-state index contributed by atoms with van der Waals surface area (Å²) in [5.41, 5.74) is 0. The van der Waals surface area contributed by atoms with Crippen molar-refractivity contribution in [3.8, 4) is 5.75 Å². The highest BCUT2D eigenvalue weighted by Gasteiger charge is 2.10. The molecule has 0 atom stereocenters. The van der Waals surface area contributed by atoms with Crippen molar-refractivity contribution in [2.75, 3.05) is 13.2 Å². The van der Waals surface area contributed by atoms with Crippen LogP contribution >= 0.6 is 12.2 Å². The highest BCUT2D eigenvalue weighted by atomic mass is 32.1. The van der Waals surface area contributed by atoms with Crippen LogP contribution < -0.4 is 10.1 Å². The molecule has 136 valence electrons. The summed E-state index contributed by atoms with van der Waals surface area (Å²) in [6, 6.07) is 14.0. The van der Waals surface area contributed by atoms with Crippen LogP contribution in [0.5, 0.6) is 5.75 Å². The molecule has 6 nitrogen and oxygen atoms in total. The molecule has 0 unspecified atom stereocenters. The van der Waals surface area contributed by atoms with Gasteiger partial charge in [0.1, 0.15) is 11.6 Å². The zero-order chi connectivity index (χ0) is 18.5. The van der Waals surface area contributed by atoms with E-state index in [-0.39, 0.29) is 18.6 Å². The Balaban J connectivity index is 1.49. The molecule has 0 fully saturated rings. The minimum Gasteiger partial charge on any atom is -0.484 e. The Bertz CT molecular complexity index is 961. The predicted molar refractivity (Wildman–Crippen MR) is 104 cm³/mol. The second-order valence-corrected chi connectivity index (χ2v) is 6.69. The van der Waals surface area contributed by atoms with E-state index in [4.69, 9.17) is 17.0 Å². The summed E-state index contributed by atoms with van der Waals surface area (Å²) in [7, 11) is 0. The Morgan fingerprint density at radius 2 is 2.04 bits per heavy atom. The van der Waals surface area contributed by atoms with Gasteiger partial charge in [-0.3, -0.25) is 9.89 Å². The lowest BCUT2D eigenvalue weighted by Crippen LogP contribution is -2.31. The molecule has 26 heavy (non-hydrogen) atoms. The van der Waals surface area contributed by atoms with Crippen LogP contribution in [0.1, 0.15) is 25.7 Å². The number of nitrogens with zero attached hydrogens (tertiary/aromatic N) is 2.